The van der Waals surface area contributed by atoms with Gasteiger partial charge in [0, 0.05) is 11.3 Å². The van der Waals surface area contributed by atoms with Crippen molar-refractivity contribution < 1.29 is 34.1 Å². The number of rotatable bonds is 5. The van der Waals surface area contributed by atoms with E-state index in [0.29, 0.717) is 12.8 Å². The number of hydrogen-bond acceptors (Lipinski definition) is 5. The van der Waals surface area contributed by atoms with E-state index in [4.69, 9.17) is 9.84 Å². The highest BCUT2D eigenvalue weighted by Gasteiger charge is 2.70. The predicted octanol–water partition coefficient (Wildman–Crippen LogP) is 6.60. The molecule has 226 valence electrons. The fraction of sp³-hybridized carbons (Fsp3) is 0.765. The molecule has 3 saturated carbocycles. The molecule has 2 N–H and O–H groups in total. The van der Waals surface area contributed by atoms with E-state index in [9.17, 15) is 24.3 Å². The average molecular weight is 569 g/mol. The second kappa shape index (κ2) is 9.28. The molecule has 0 saturated heterocycles. The minimum absolute atomic E-state index is 0.00928. The molecule has 0 aliphatic heterocycles. The minimum Gasteiger partial charge on any atom is -0.481 e. The van der Waals surface area contributed by atoms with Crippen molar-refractivity contribution in [3.63, 3.8) is 0 Å². The van der Waals surface area contributed by atoms with Crippen molar-refractivity contribution in [1.82, 2.24) is 0 Å². The number of fused-ring (bicyclic) bond motifs is 7. The van der Waals surface area contributed by atoms with Crippen LogP contribution in [-0.4, -0.2) is 40.0 Å². The van der Waals surface area contributed by atoms with Crippen LogP contribution < -0.4 is 0 Å². The zero-order chi connectivity index (χ0) is 30.4. The summed E-state index contributed by atoms with van der Waals surface area (Å²) >= 11 is 0. The van der Waals surface area contributed by atoms with Gasteiger partial charge in [0.2, 0.25) is 0 Å². The van der Waals surface area contributed by atoms with Crippen LogP contribution in [0.2, 0.25) is 0 Å². The SMILES string of the molecule is CC1(C)[C@@H](OC(=O)CCC(=O)O)C=C[C@]2(C)[C@H]3C(=O)C=C4[C@@H]5C[C@@](C)(C(=O)O)CC[C@]5(C)CC[C@@]4(C)[C@]3(C)CC[C@@H]12. The van der Waals surface area contributed by atoms with Crippen molar-refractivity contribution >= 4 is 23.7 Å². The monoisotopic (exact) mass is 568 g/mol. The van der Waals surface area contributed by atoms with Gasteiger partial charge in [-0.2, -0.15) is 0 Å². The quantitative estimate of drug-likeness (QED) is 0.283. The standard InChI is InChI=1S/C34H48O7/c1-29(2)23-10-13-34(7)27(32(23,5)12-11-24(29)41-26(38)9-8-25(36)37)22(35)18-20-21-19-31(4,28(39)40)15-14-30(21,3)16-17-33(20,34)6/h11-12,18,21,23-24,27H,8-10,13-17,19H2,1-7H3,(H,36,37)(H,39,40)/t21-,23-,24-,27+,30+,31-,32-,33+,34+/m0/s1. The first-order valence-electron chi connectivity index (χ1n) is 15.4. The molecule has 0 aromatic heterocycles. The number of ether oxygens (including phenoxy) is 1. The third-order valence-electron chi connectivity index (χ3n) is 13.3. The Hall–Kier alpha value is -2.44. The van der Waals surface area contributed by atoms with E-state index in [1.165, 1.54) is 5.57 Å². The zero-order valence-electron chi connectivity index (χ0n) is 25.8. The van der Waals surface area contributed by atoms with Gasteiger partial charge in [-0.3, -0.25) is 19.2 Å². The Morgan fingerprint density at radius 3 is 2.22 bits per heavy atom. The molecule has 0 aromatic rings. The van der Waals surface area contributed by atoms with Crippen molar-refractivity contribution in [3.8, 4) is 0 Å². The fourth-order valence-corrected chi connectivity index (χ4v) is 10.4. The molecule has 41 heavy (non-hydrogen) atoms. The summed E-state index contributed by atoms with van der Waals surface area (Å²) in [7, 11) is 0. The maximum atomic E-state index is 14.4. The third-order valence-corrected chi connectivity index (χ3v) is 13.3. The number of ketones is 1. The molecule has 9 atom stereocenters. The number of carbonyl (C=O) groups is 4. The van der Waals surface area contributed by atoms with Crippen LogP contribution in [0.4, 0.5) is 0 Å². The molecule has 5 aliphatic rings. The Kier molecular flexibility index (Phi) is 6.80. The molecular weight excluding hydrogens is 520 g/mol. The van der Waals surface area contributed by atoms with Gasteiger partial charge in [0.15, 0.2) is 5.78 Å². The molecule has 0 unspecified atom stereocenters. The van der Waals surface area contributed by atoms with E-state index in [1.54, 1.807) is 0 Å². The number of carboxylic acids is 2. The summed E-state index contributed by atoms with van der Waals surface area (Å²) in [6.07, 6.45) is 11.0. The lowest BCUT2D eigenvalue weighted by molar-refractivity contribution is -0.183. The number of carbonyl (C=O) groups excluding carboxylic acids is 2. The molecule has 0 heterocycles. The van der Waals surface area contributed by atoms with Gasteiger partial charge in [-0.1, -0.05) is 53.2 Å². The Morgan fingerprint density at radius 1 is 0.927 bits per heavy atom. The zero-order valence-corrected chi connectivity index (χ0v) is 25.8. The maximum Gasteiger partial charge on any atom is 0.309 e. The van der Waals surface area contributed by atoms with Gasteiger partial charge in [-0.05, 0) is 97.5 Å². The van der Waals surface area contributed by atoms with Gasteiger partial charge in [-0.25, -0.2) is 0 Å². The molecule has 3 fully saturated rings. The summed E-state index contributed by atoms with van der Waals surface area (Å²) < 4.78 is 5.82. The summed E-state index contributed by atoms with van der Waals surface area (Å²) in [6, 6.07) is 0. The molecule has 0 amide bonds. The highest BCUT2D eigenvalue weighted by atomic mass is 16.5. The number of esters is 1. The minimum atomic E-state index is -1.03. The van der Waals surface area contributed by atoms with Gasteiger partial charge in [0.05, 0.1) is 18.3 Å². The van der Waals surface area contributed by atoms with E-state index in [-0.39, 0.29) is 52.6 Å². The van der Waals surface area contributed by atoms with Gasteiger partial charge < -0.3 is 14.9 Å². The van der Waals surface area contributed by atoms with Gasteiger partial charge >= 0.3 is 17.9 Å². The van der Waals surface area contributed by atoms with Crippen molar-refractivity contribution in [2.75, 3.05) is 0 Å². The van der Waals surface area contributed by atoms with E-state index >= 15 is 0 Å². The normalized spacial score (nSPS) is 46.2. The first kappa shape index (κ1) is 30.0. The summed E-state index contributed by atoms with van der Waals surface area (Å²) in [5, 5.41) is 19.1. The number of hydrogen-bond donors (Lipinski definition) is 2. The van der Waals surface area contributed by atoms with Crippen molar-refractivity contribution in [2.24, 2.45) is 50.2 Å². The second-order valence-corrected chi connectivity index (χ2v) is 15.9. The number of aliphatic carboxylic acids is 2. The molecule has 7 heteroatoms. The smallest absolute Gasteiger partial charge is 0.309 e. The predicted molar refractivity (Wildman–Crippen MR) is 154 cm³/mol. The number of carboxylic acid groups (broad SMARTS) is 2. The Bertz CT molecular complexity index is 1250. The largest absolute Gasteiger partial charge is 0.481 e. The second-order valence-electron chi connectivity index (χ2n) is 15.9. The van der Waals surface area contributed by atoms with Crippen LogP contribution in [0.3, 0.4) is 0 Å². The third kappa shape index (κ3) is 4.18. The van der Waals surface area contributed by atoms with E-state index < -0.39 is 40.3 Å². The lowest BCUT2D eigenvalue weighted by Gasteiger charge is -2.69. The van der Waals surface area contributed by atoms with Gasteiger partial charge in [0.25, 0.3) is 0 Å². The van der Waals surface area contributed by atoms with Gasteiger partial charge in [0.1, 0.15) is 6.10 Å². The molecule has 0 spiro atoms. The highest BCUT2D eigenvalue weighted by Crippen LogP contribution is 2.74. The van der Waals surface area contributed by atoms with E-state index in [1.807, 2.05) is 19.1 Å². The summed E-state index contributed by atoms with van der Waals surface area (Å²) in [4.78, 5) is 50.2. The van der Waals surface area contributed by atoms with Crippen LogP contribution in [0.15, 0.2) is 23.8 Å². The summed E-state index contributed by atoms with van der Waals surface area (Å²) in [5.74, 6) is -2.19. The van der Waals surface area contributed by atoms with Crippen LogP contribution in [0, 0.1) is 50.2 Å². The molecule has 0 radical (unpaired) electrons. The van der Waals surface area contributed by atoms with Crippen LogP contribution in [0.25, 0.3) is 0 Å². The van der Waals surface area contributed by atoms with Crippen molar-refractivity contribution in [2.45, 2.75) is 112 Å². The van der Waals surface area contributed by atoms with Crippen molar-refractivity contribution in [3.05, 3.63) is 23.8 Å². The maximum absolute atomic E-state index is 14.4. The lowest BCUT2D eigenvalue weighted by atomic mass is 9.34. The van der Waals surface area contributed by atoms with E-state index in [2.05, 4.69) is 47.6 Å². The van der Waals surface area contributed by atoms with Crippen LogP contribution in [-0.2, 0) is 23.9 Å². The molecule has 7 nitrogen and oxygen atoms in total. The van der Waals surface area contributed by atoms with Crippen LogP contribution in [0.1, 0.15) is 106 Å². The molecule has 5 rings (SSSR count). The Balaban J connectivity index is 1.53. The summed E-state index contributed by atoms with van der Waals surface area (Å²) in [5.41, 5.74) is -0.954. The molecular formula is C34H48O7. The molecule has 0 aromatic carbocycles. The average Bonchev–Trinajstić information content (AvgIpc) is 2.86. The first-order valence-corrected chi connectivity index (χ1v) is 15.4. The van der Waals surface area contributed by atoms with Crippen molar-refractivity contribution in [1.29, 1.82) is 0 Å². The highest BCUT2D eigenvalue weighted by molar-refractivity contribution is 5.96. The molecule has 5 aliphatic carbocycles. The Labute approximate surface area is 244 Å². The summed E-state index contributed by atoms with van der Waals surface area (Å²) in [6.45, 7) is 15.3. The number of allylic oxidation sites excluding steroid dienone is 3. The lowest BCUT2D eigenvalue weighted by Crippen LogP contribution is -2.65. The first-order chi connectivity index (χ1) is 18.8. The van der Waals surface area contributed by atoms with E-state index in [0.717, 1.165) is 32.1 Å². The molecule has 0 bridgehead atoms. The Morgan fingerprint density at radius 2 is 1.59 bits per heavy atom. The topological polar surface area (TPSA) is 118 Å². The fourth-order valence-electron chi connectivity index (χ4n) is 10.4. The van der Waals surface area contributed by atoms with Gasteiger partial charge in [-0.15, -0.1) is 0 Å². The van der Waals surface area contributed by atoms with Crippen LogP contribution in [0.5, 0.6) is 0 Å². The van der Waals surface area contributed by atoms with Crippen LogP contribution >= 0.6 is 0 Å².